The van der Waals surface area contributed by atoms with Crippen molar-refractivity contribution < 1.29 is 19.8 Å². The van der Waals surface area contributed by atoms with E-state index in [4.69, 9.17) is 5.11 Å². The molecule has 3 N–H and O–H groups in total. The molecule has 0 aliphatic heterocycles. The summed E-state index contributed by atoms with van der Waals surface area (Å²) in [6, 6.07) is 11.0. The van der Waals surface area contributed by atoms with Crippen molar-refractivity contribution >= 4 is 33.5 Å². The van der Waals surface area contributed by atoms with Gasteiger partial charge in [-0.05, 0) is 51.8 Å². The number of hydrogen-bond acceptors (Lipinski definition) is 3. The lowest BCUT2D eigenvalue weighted by molar-refractivity contribution is -0.115. The number of halogens is 1. The lowest BCUT2D eigenvalue weighted by atomic mass is 10.1. The molecule has 0 atom stereocenters. The first kappa shape index (κ1) is 15.1. The van der Waals surface area contributed by atoms with Gasteiger partial charge in [-0.1, -0.05) is 12.1 Å². The number of anilines is 1. The van der Waals surface area contributed by atoms with Crippen molar-refractivity contribution in [1.82, 2.24) is 0 Å². The maximum absolute atomic E-state index is 11.9. The molecule has 0 unspecified atom stereocenters. The molecule has 2 aromatic rings. The van der Waals surface area contributed by atoms with Crippen LogP contribution in [0.2, 0.25) is 0 Å². The molecule has 1 amide bonds. The van der Waals surface area contributed by atoms with Gasteiger partial charge in [0.05, 0.1) is 12.0 Å². The molecule has 0 saturated carbocycles. The van der Waals surface area contributed by atoms with E-state index in [1.54, 1.807) is 24.3 Å². The van der Waals surface area contributed by atoms with Crippen molar-refractivity contribution in [1.29, 1.82) is 0 Å². The molecular formula is C15H12BrNO4. The van der Waals surface area contributed by atoms with E-state index in [1.165, 1.54) is 18.2 Å². The molecule has 5 nitrogen and oxygen atoms in total. The number of phenols is 1. The highest BCUT2D eigenvalue weighted by atomic mass is 79.9. The summed E-state index contributed by atoms with van der Waals surface area (Å²) in [6.07, 6.45) is 0.0901. The number of carboxylic acid groups (broad SMARTS) is 1. The maximum atomic E-state index is 11.9. The smallest absolute Gasteiger partial charge is 0.336 e. The average molecular weight is 350 g/mol. The zero-order valence-electron chi connectivity index (χ0n) is 10.8. The molecule has 0 spiro atoms. The van der Waals surface area contributed by atoms with Crippen molar-refractivity contribution in [2.45, 2.75) is 6.42 Å². The Kier molecular flexibility index (Phi) is 4.59. The maximum Gasteiger partial charge on any atom is 0.336 e. The fourth-order valence-corrected chi connectivity index (χ4v) is 2.24. The van der Waals surface area contributed by atoms with Crippen molar-refractivity contribution in [2.24, 2.45) is 0 Å². The third-order valence-corrected chi connectivity index (χ3v) is 3.45. The Morgan fingerprint density at radius 1 is 1.14 bits per heavy atom. The van der Waals surface area contributed by atoms with Gasteiger partial charge in [-0.25, -0.2) is 4.79 Å². The number of rotatable bonds is 4. The molecule has 0 fully saturated rings. The highest BCUT2D eigenvalue weighted by Crippen LogP contribution is 2.21. The number of aromatic hydroxyl groups is 1. The van der Waals surface area contributed by atoms with Crippen molar-refractivity contribution in [2.75, 3.05) is 5.32 Å². The second-order valence-corrected chi connectivity index (χ2v) is 5.25. The molecule has 108 valence electrons. The highest BCUT2D eigenvalue weighted by molar-refractivity contribution is 9.10. The van der Waals surface area contributed by atoms with Gasteiger partial charge in [0.15, 0.2) is 0 Å². The highest BCUT2D eigenvalue weighted by Gasteiger charge is 2.11. The largest absolute Gasteiger partial charge is 0.508 e. The number of nitrogens with one attached hydrogen (secondary N) is 1. The van der Waals surface area contributed by atoms with E-state index >= 15 is 0 Å². The van der Waals surface area contributed by atoms with Crippen LogP contribution in [0.15, 0.2) is 46.9 Å². The van der Waals surface area contributed by atoms with Crippen LogP contribution in [0.3, 0.4) is 0 Å². The third-order valence-electron chi connectivity index (χ3n) is 2.76. The Hall–Kier alpha value is -2.34. The van der Waals surface area contributed by atoms with E-state index in [2.05, 4.69) is 21.2 Å². The van der Waals surface area contributed by atoms with Crippen LogP contribution in [0.25, 0.3) is 0 Å². The molecule has 0 saturated heterocycles. The standard InChI is InChI=1S/C15H12BrNO4/c16-13-5-4-10(8-12(13)15(20)21)17-14(19)7-9-2-1-3-11(18)6-9/h1-6,8,18H,7H2,(H,17,19)(H,20,21). The van der Waals surface area contributed by atoms with Crippen LogP contribution < -0.4 is 5.32 Å². The minimum atomic E-state index is -1.08. The number of benzene rings is 2. The number of aromatic carboxylic acids is 1. The summed E-state index contributed by atoms with van der Waals surface area (Å²) in [5.41, 5.74) is 1.15. The van der Waals surface area contributed by atoms with Crippen LogP contribution in [0.5, 0.6) is 5.75 Å². The van der Waals surface area contributed by atoms with E-state index in [-0.39, 0.29) is 23.6 Å². The fraction of sp³-hybridized carbons (Fsp3) is 0.0667. The third kappa shape index (κ3) is 4.06. The first-order chi connectivity index (χ1) is 9.95. The number of hydrogen-bond donors (Lipinski definition) is 3. The van der Waals surface area contributed by atoms with Gasteiger partial charge in [-0.2, -0.15) is 0 Å². The van der Waals surface area contributed by atoms with E-state index in [9.17, 15) is 14.7 Å². The van der Waals surface area contributed by atoms with Gasteiger partial charge in [0, 0.05) is 10.2 Å². The summed E-state index contributed by atoms with van der Waals surface area (Å²) >= 11 is 3.14. The number of carbonyl (C=O) groups is 2. The molecular weight excluding hydrogens is 338 g/mol. The lowest BCUT2D eigenvalue weighted by Crippen LogP contribution is -2.14. The van der Waals surface area contributed by atoms with Crippen LogP contribution in [0.4, 0.5) is 5.69 Å². The monoisotopic (exact) mass is 349 g/mol. The van der Waals surface area contributed by atoms with Crippen LogP contribution in [0.1, 0.15) is 15.9 Å². The summed E-state index contributed by atoms with van der Waals surface area (Å²) in [5, 5.41) is 21.0. The van der Waals surface area contributed by atoms with Gasteiger partial charge >= 0.3 is 5.97 Å². The number of amides is 1. The summed E-state index contributed by atoms with van der Waals surface area (Å²) in [5.74, 6) is -1.28. The van der Waals surface area contributed by atoms with E-state index in [0.717, 1.165) is 0 Å². The van der Waals surface area contributed by atoms with Crippen LogP contribution in [0, 0.1) is 0 Å². The molecule has 0 aromatic heterocycles. The van der Waals surface area contributed by atoms with Crippen LogP contribution >= 0.6 is 15.9 Å². The quantitative estimate of drug-likeness (QED) is 0.791. The zero-order valence-corrected chi connectivity index (χ0v) is 12.4. The Morgan fingerprint density at radius 2 is 1.90 bits per heavy atom. The van der Waals surface area contributed by atoms with Crippen molar-refractivity contribution in [3.05, 3.63) is 58.1 Å². The van der Waals surface area contributed by atoms with Crippen LogP contribution in [-0.2, 0) is 11.2 Å². The van der Waals surface area contributed by atoms with Gasteiger partial charge in [0.25, 0.3) is 0 Å². The molecule has 2 rings (SSSR count). The molecule has 0 heterocycles. The lowest BCUT2D eigenvalue weighted by Gasteiger charge is -2.07. The van der Waals surface area contributed by atoms with E-state index < -0.39 is 5.97 Å². The Morgan fingerprint density at radius 3 is 2.57 bits per heavy atom. The topological polar surface area (TPSA) is 86.6 Å². The van der Waals surface area contributed by atoms with Crippen molar-refractivity contribution in [3.63, 3.8) is 0 Å². The first-order valence-corrected chi connectivity index (χ1v) is 6.85. The zero-order chi connectivity index (χ0) is 15.4. The van der Waals surface area contributed by atoms with E-state index in [0.29, 0.717) is 15.7 Å². The second-order valence-electron chi connectivity index (χ2n) is 4.39. The SMILES string of the molecule is O=C(Cc1cccc(O)c1)Nc1ccc(Br)c(C(=O)O)c1. The Labute approximate surface area is 129 Å². The van der Waals surface area contributed by atoms with Gasteiger partial charge < -0.3 is 15.5 Å². The minimum absolute atomic E-state index is 0.0742. The normalized spacial score (nSPS) is 10.1. The first-order valence-electron chi connectivity index (χ1n) is 6.06. The molecule has 2 aromatic carbocycles. The molecule has 0 radical (unpaired) electrons. The summed E-state index contributed by atoms with van der Waals surface area (Å²) in [4.78, 5) is 22.9. The fourth-order valence-electron chi connectivity index (χ4n) is 1.82. The Bertz CT molecular complexity index is 700. The summed E-state index contributed by atoms with van der Waals surface area (Å²) in [6.45, 7) is 0. The number of carbonyl (C=O) groups excluding carboxylic acids is 1. The summed E-state index contributed by atoms with van der Waals surface area (Å²) < 4.78 is 0.445. The number of phenolic OH excluding ortho intramolecular Hbond substituents is 1. The molecule has 0 bridgehead atoms. The molecule has 0 aliphatic carbocycles. The molecule has 21 heavy (non-hydrogen) atoms. The molecule has 0 aliphatic rings. The predicted octanol–water partition coefficient (Wildman–Crippen LogP) is 3.03. The van der Waals surface area contributed by atoms with Gasteiger partial charge in [0.1, 0.15) is 5.75 Å². The van der Waals surface area contributed by atoms with Gasteiger partial charge in [0.2, 0.25) is 5.91 Å². The second kappa shape index (κ2) is 6.41. The average Bonchev–Trinajstić information content (AvgIpc) is 2.40. The Balaban J connectivity index is 2.09. The van der Waals surface area contributed by atoms with Gasteiger partial charge in [-0.3, -0.25) is 4.79 Å². The predicted molar refractivity (Wildman–Crippen MR) is 81.5 cm³/mol. The molecule has 6 heteroatoms. The van der Waals surface area contributed by atoms with Crippen molar-refractivity contribution in [3.8, 4) is 5.75 Å². The van der Waals surface area contributed by atoms with E-state index in [1.807, 2.05) is 0 Å². The van der Waals surface area contributed by atoms with Crippen LogP contribution in [-0.4, -0.2) is 22.1 Å². The summed E-state index contributed by atoms with van der Waals surface area (Å²) in [7, 11) is 0. The minimum Gasteiger partial charge on any atom is -0.508 e. The number of carboxylic acids is 1. The van der Waals surface area contributed by atoms with Gasteiger partial charge in [-0.15, -0.1) is 0 Å².